The summed E-state index contributed by atoms with van der Waals surface area (Å²) in [5.41, 5.74) is 11.0. The predicted octanol–water partition coefficient (Wildman–Crippen LogP) is -2.70. The van der Waals surface area contributed by atoms with E-state index in [4.69, 9.17) is 11.5 Å². The second-order valence-electron chi connectivity index (χ2n) is 2.81. The van der Waals surface area contributed by atoms with E-state index < -0.39 is 24.1 Å². The second-order valence-corrected chi connectivity index (χ2v) is 2.81. The van der Waals surface area contributed by atoms with Gasteiger partial charge in [-0.05, 0) is 0 Å². The SMILES string of the molecule is CN1C(=O)C(N)C(N)N(C)C1=O.O. The van der Waals surface area contributed by atoms with Crippen molar-refractivity contribution in [1.82, 2.24) is 9.80 Å². The first-order valence-corrected chi connectivity index (χ1v) is 3.52. The Kier molecular flexibility index (Phi) is 3.35. The van der Waals surface area contributed by atoms with Crippen LogP contribution >= 0.6 is 0 Å². The third kappa shape index (κ3) is 1.62. The molecule has 0 aromatic carbocycles. The van der Waals surface area contributed by atoms with Crippen LogP contribution in [0.25, 0.3) is 0 Å². The molecule has 0 aromatic heterocycles. The number of nitrogens with zero attached hydrogens (tertiary/aromatic N) is 2. The predicted molar refractivity (Wildman–Crippen MR) is 45.5 cm³/mol. The molecule has 1 fully saturated rings. The molecule has 1 aliphatic heterocycles. The van der Waals surface area contributed by atoms with Gasteiger partial charge >= 0.3 is 6.03 Å². The van der Waals surface area contributed by atoms with Gasteiger partial charge in [-0.1, -0.05) is 0 Å². The van der Waals surface area contributed by atoms with Crippen LogP contribution < -0.4 is 11.5 Å². The second kappa shape index (κ2) is 3.69. The molecule has 3 amide bonds. The van der Waals surface area contributed by atoms with Gasteiger partial charge in [-0.2, -0.15) is 0 Å². The van der Waals surface area contributed by atoms with Crippen LogP contribution in [0.15, 0.2) is 0 Å². The van der Waals surface area contributed by atoms with E-state index in [2.05, 4.69) is 0 Å². The molecule has 7 nitrogen and oxygen atoms in total. The van der Waals surface area contributed by atoms with Crippen molar-refractivity contribution < 1.29 is 15.1 Å². The maximum atomic E-state index is 11.2. The van der Waals surface area contributed by atoms with Crippen LogP contribution in [-0.2, 0) is 4.79 Å². The number of hydrogen-bond donors (Lipinski definition) is 2. The molecule has 2 unspecified atom stereocenters. The van der Waals surface area contributed by atoms with E-state index in [0.717, 1.165) is 4.90 Å². The largest absolute Gasteiger partial charge is 0.412 e. The van der Waals surface area contributed by atoms with Gasteiger partial charge in [0.15, 0.2) is 0 Å². The molecular formula is C6H14N4O3. The van der Waals surface area contributed by atoms with Crippen molar-refractivity contribution in [2.24, 2.45) is 11.5 Å². The van der Waals surface area contributed by atoms with Crippen LogP contribution in [0.5, 0.6) is 0 Å². The number of likely N-dealkylation sites (N-methyl/N-ethyl adjacent to an activating group) is 2. The molecule has 0 aliphatic carbocycles. The average molecular weight is 190 g/mol. The highest BCUT2D eigenvalue weighted by molar-refractivity contribution is 5.99. The molecule has 1 saturated heterocycles. The first-order chi connectivity index (χ1) is 5.46. The average Bonchev–Trinajstić information content (AvgIpc) is 2.08. The van der Waals surface area contributed by atoms with Crippen LogP contribution in [0, 0.1) is 0 Å². The van der Waals surface area contributed by atoms with E-state index in [1.54, 1.807) is 0 Å². The van der Waals surface area contributed by atoms with E-state index >= 15 is 0 Å². The van der Waals surface area contributed by atoms with Gasteiger partial charge in [0.05, 0.1) is 0 Å². The van der Waals surface area contributed by atoms with Crippen LogP contribution in [0.3, 0.4) is 0 Å². The number of carbonyl (C=O) groups excluding carboxylic acids is 2. The summed E-state index contributed by atoms with van der Waals surface area (Å²) in [6.45, 7) is 0. The zero-order valence-corrected chi connectivity index (χ0v) is 7.52. The summed E-state index contributed by atoms with van der Waals surface area (Å²) >= 11 is 0. The number of nitrogens with two attached hydrogens (primary N) is 2. The van der Waals surface area contributed by atoms with Crippen molar-refractivity contribution in [2.45, 2.75) is 12.2 Å². The molecule has 7 heteroatoms. The standard InChI is InChI=1S/C6H12N4O2.H2O/c1-9-4(8)3(7)5(11)10(2)6(9)12;/h3-4H,7-8H2,1-2H3;1H2. The molecule has 0 saturated carbocycles. The molecule has 0 spiro atoms. The van der Waals surface area contributed by atoms with E-state index in [-0.39, 0.29) is 5.48 Å². The minimum atomic E-state index is -0.822. The molecule has 13 heavy (non-hydrogen) atoms. The Bertz CT molecular complexity index is 210. The molecule has 1 heterocycles. The lowest BCUT2D eigenvalue weighted by Gasteiger charge is -2.37. The van der Waals surface area contributed by atoms with Crippen molar-refractivity contribution in [1.29, 1.82) is 0 Å². The highest BCUT2D eigenvalue weighted by Gasteiger charge is 2.38. The Morgan fingerprint density at radius 1 is 1.23 bits per heavy atom. The fraction of sp³-hybridized carbons (Fsp3) is 0.667. The zero-order valence-electron chi connectivity index (χ0n) is 7.52. The molecule has 1 aliphatic rings. The van der Waals surface area contributed by atoms with Gasteiger partial charge in [0, 0.05) is 14.1 Å². The fourth-order valence-corrected chi connectivity index (χ4v) is 1.07. The van der Waals surface area contributed by atoms with Crippen LogP contribution in [0.1, 0.15) is 0 Å². The fourth-order valence-electron chi connectivity index (χ4n) is 1.07. The van der Waals surface area contributed by atoms with Gasteiger partial charge < -0.3 is 21.8 Å². The minimum Gasteiger partial charge on any atom is -0.412 e. The van der Waals surface area contributed by atoms with Gasteiger partial charge in [-0.15, -0.1) is 0 Å². The Morgan fingerprint density at radius 2 is 1.69 bits per heavy atom. The van der Waals surface area contributed by atoms with Crippen molar-refractivity contribution in [2.75, 3.05) is 14.1 Å². The molecule has 1 rings (SSSR count). The van der Waals surface area contributed by atoms with Gasteiger partial charge in [-0.25, -0.2) is 4.79 Å². The van der Waals surface area contributed by atoms with Crippen molar-refractivity contribution in [3.63, 3.8) is 0 Å². The van der Waals surface area contributed by atoms with Gasteiger partial charge in [0.1, 0.15) is 12.2 Å². The molecule has 0 bridgehead atoms. The number of hydrogen-bond acceptors (Lipinski definition) is 4. The number of amides is 3. The summed E-state index contributed by atoms with van der Waals surface area (Å²) in [5.74, 6) is -0.439. The number of imide groups is 1. The maximum Gasteiger partial charge on any atom is 0.327 e. The van der Waals surface area contributed by atoms with E-state index in [1.165, 1.54) is 19.0 Å². The Hall–Kier alpha value is -1.18. The summed E-state index contributed by atoms with van der Waals surface area (Å²) in [5, 5.41) is 0. The van der Waals surface area contributed by atoms with E-state index in [0.29, 0.717) is 0 Å². The third-order valence-corrected chi connectivity index (χ3v) is 2.02. The minimum absolute atomic E-state index is 0. The third-order valence-electron chi connectivity index (χ3n) is 2.02. The monoisotopic (exact) mass is 190 g/mol. The van der Waals surface area contributed by atoms with Crippen LogP contribution in [-0.4, -0.2) is 53.5 Å². The highest BCUT2D eigenvalue weighted by atomic mass is 16.2. The van der Waals surface area contributed by atoms with Crippen molar-refractivity contribution in [3.8, 4) is 0 Å². The smallest absolute Gasteiger partial charge is 0.327 e. The van der Waals surface area contributed by atoms with Crippen LogP contribution in [0.2, 0.25) is 0 Å². The molecule has 0 radical (unpaired) electrons. The van der Waals surface area contributed by atoms with Crippen molar-refractivity contribution >= 4 is 11.9 Å². The summed E-state index contributed by atoms with van der Waals surface area (Å²) in [6.07, 6.45) is -0.721. The summed E-state index contributed by atoms with van der Waals surface area (Å²) in [4.78, 5) is 24.6. The van der Waals surface area contributed by atoms with Crippen molar-refractivity contribution in [3.05, 3.63) is 0 Å². The topological polar surface area (TPSA) is 124 Å². The van der Waals surface area contributed by atoms with Gasteiger partial charge in [-0.3, -0.25) is 9.69 Å². The normalized spacial score (nSPS) is 28.9. The maximum absolute atomic E-state index is 11.2. The Labute approximate surface area is 75.6 Å². The lowest BCUT2D eigenvalue weighted by atomic mass is 10.1. The number of rotatable bonds is 0. The summed E-state index contributed by atoms with van der Waals surface area (Å²) in [6, 6.07) is -1.24. The molecule has 76 valence electrons. The first-order valence-electron chi connectivity index (χ1n) is 3.52. The quantitative estimate of drug-likeness (QED) is 0.431. The summed E-state index contributed by atoms with van der Waals surface area (Å²) in [7, 11) is 2.89. The lowest BCUT2D eigenvalue weighted by molar-refractivity contribution is -0.132. The van der Waals surface area contributed by atoms with E-state index in [1.807, 2.05) is 0 Å². The highest BCUT2D eigenvalue weighted by Crippen LogP contribution is 2.08. The Balaban J connectivity index is 0.00000144. The molecular weight excluding hydrogens is 176 g/mol. The molecule has 6 N–H and O–H groups in total. The van der Waals surface area contributed by atoms with Gasteiger partial charge in [0.25, 0.3) is 5.91 Å². The lowest BCUT2D eigenvalue weighted by Crippen LogP contribution is -2.67. The van der Waals surface area contributed by atoms with E-state index in [9.17, 15) is 9.59 Å². The first kappa shape index (κ1) is 11.8. The zero-order chi connectivity index (χ0) is 9.46. The summed E-state index contributed by atoms with van der Waals surface area (Å²) < 4.78 is 0. The molecule has 0 aromatic rings. The van der Waals surface area contributed by atoms with Gasteiger partial charge in [0.2, 0.25) is 0 Å². The number of carbonyl (C=O) groups is 2. The Morgan fingerprint density at radius 3 is 2.15 bits per heavy atom. The molecule has 2 atom stereocenters. The van der Waals surface area contributed by atoms with Crippen LogP contribution in [0.4, 0.5) is 4.79 Å². The number of urea groups is 1.